The average Bonchev–Trinajstić information content (AvgIpc) is 3.24. The fourth-order valence-corrected chi connectivity index (χ4v) is 4.22. The lowest BCUT2D eigenvalue weighted by molar-refractivity contribution is -0.140. The number of amides is 1. The summed E-state index contributed by atoms with van der Waals surface area (Å²) in [4.78, 5) is 45.0. The highest BCUT2D eigenvalue weighted by Crippen LogP contribution is 2.41. The minimum Gasteiger partial charge on any atom is -0.507 e. The topological polar surface area (TPSA) is 112 Å². The number of aliphatic hydroxyl groups is 1. The number of methoxy groups -OCH3 is 1. The maximum Gasteiger partial charge on any atom is 0.355 e. The molecule has 34 heavy (non-hydrogen) atoms. The third-order valence-corrected chi connectivity index (χ3v) is 5.89. The van der Waals surface area contributed by atoms with E-state index in [1.165, 1.54) is 12.0 Å². The number of hydrogen-bond acceptors (Lipinski definition) is 7. The van der Waals surface area contributed by atoms with Crippen LogP contribution in [0.25, 0.3) is 5.76 Å². The van der Waals surface area contributed by atoms with E-state index in [-0.39, 0.29) is 30.2 Å². The van der Waals surface area contributed by atoms with Crippen molar-refractivity contribution in [2.24, 2.45) is 0 Å². The van der Waals surface area contributed by atoms with Crippen LogP contribution in [0.2, 0.25) is 0 Å². The monoisotopic (exact) mass is 469 g/mol. The second-order valence-electron chi connectivity index (χ2n) is 8.42. The molecule has 2 aromatic rings. The van der Waals surface area contributed by atoms with Crippen LogP contribution >= 0.6 is 0 Å². The Balaban J connectivity index is 2.21. The number of esters is 1. The van der Waals surface area contributed by atoms with Crippen molar-refractivity contribution in [3.8, 4) is 5.75 Å². The Morgan fingerprint density at radius 2 is 1.94 bits per heavy atom. The molecule has 1 amide bonds. The molecule has 0 radical (unpaired) electrons. The summed E-state index contributed by atoms with van der Waals surface area (Å²) in [6, 6.07) is 6.26. The molecular formula is C25H31N3O6. The number of ether oxygens (including phenoxy) is 2. The Morgan fingerprint density at radius 3 is 2.56 bits per heavy atom. The number of carbonyl (C=O) groups is 3. The summed E-state index contributed by atoms with van der Waals surface area (Å²) in [6.45, 7) is 6.07. The van der Waals surface area contributed by atoms with Gasteiger partial charge in [0.15, 0.2) is 0 Å². The lowest BCUT2D eigenvalue weighted by atomic mass is 9.94. The molecular weight excluding hydrogens is 438 g/mol. The number of likely N-dealkylation sites (tertiary alicyclic amines) is 1. The number of aromatic nitrogens is 1. The maximum atomic E-state index is 13.2. The highest BCUT2D eigenvalue weighted by atomic mass is 16.5. The summed E-state index contributed by atoms with van der Waals surface area (Å²) in [5, 5.41) is 11.4. The molecule has 0 aliphatic carbocycles. The number of aryl methyl sites for hydroxylation is 1. The molecule has 0 spiro atoms. The zero-order valence-corrected chi connectivity index (χ0v) is 20.4. The largest absolute Gasteiger partial charge is 0.507 e. The number of likely N-dealkylation sites (N-methyl/N-ethyl adjacent to an activating group) is 1. The van der Waals surface area contributed by atoms with Crippen LogP contribution in [0.3, 0.4) is 0 Å². The van der Waals surface area contributed by atoms with Gasteiger partial charge in [0.2, 0.25) is 0 Å². The zero-order valence-electron chi connectivity index (χ0n) is 20.4. The van der Waals surface area contributed by atoms with Crippen LogP contribution in [-0.2, 0) is 14.3 Å². The summed E-state index contributed by atoms with van der Waals surface area (Å²) in [5.41, 5.74) is 2.04. The van der Waals surface area contributed by atoms with Gasteiger partial charge in [0.1, 0.15) is 17.2 Å². The third kappa shape index (κ3) is 4.56. The first-order chi connectivity index (χ1) is 16.1. The van der Waals surface area contributed by atoms with Gasteiger partial charge in [0.25, 0.3) is 11.7 Å². The van der Waals surface area contributed by atoms with Crippen molar-refractivity contribution >= 4 is 23.4 Å². The highest BCUT2D eigenvalue weighted by molar-refractivity contribution is 6.46. The smallest absolute Gasteiger partial charge is 0.355 e. The first-order valence-corrected chi connectivity index (χ1v) is 11.1. The maximum absolute atomic E-state index is 13.2. The molecule has 1 saturated heterocycles. The van der Waals surface area contributed by atoms with Crippen molar-refractivity contribution in [1.82, 2.24) is 14.8 Å². The minimum absolute atomic E-state index is 0.0300. The van der Waals surface area contributed by atoms with Crippen LogP contribution in [-0.4, -0.2) is 78.5 Å². The molecule has 9 nitrogen and oxygen atoms in total. The quantitative estimate of drug-likeness (QED) is 0.265. The van der Waals surface area contributed by atoms with Crippen molar-refractivity contribution in [3.05, 3.63) is 57.9 Å². The molecule has 1 aliphatic heterocycles. The van der Waals surface area contributed by atoms with E-state index in [0.717, 1.165) is 0 Å². The first-order valence-electron chi connectivity index (χ1n) is 11.1. The summed E-state index contributed by atoms with van der Waals surface area (Å²) < 4.78 is 10.4. The van der Waals surface area contributed by atoms with Crippen LogP contribution in [0.5, 0.6) is 5.75 Å². The number of hydrogen-bond donors (Lipinski definition) is 2. The van der Waals surface area contributed by atoms with Crippen molar-refractivity contribution in [2.45, 2.75) is 26.8 Å². The second kappa shape index (κ2) is 10.1. The fourth-order valence-electron chi connectivity index (χ4n) is 4.22. The number of aromatic amines is 1. The number of H-pyrrole nitrogens is 1. The number of rotatable bonds is 8. The summed E-state index contributed by atoms with van der Waals surface area (Å²) in [7, 11) is 5.28. The van der Waals surface area contributed by atoms with Gasteiger partial charge in [-0.2, -0.15) is 0 Å². The summed E-state index contributed by atoms with van der Waals surface area (Å²) >= 11 is 0. The van der Waals surface area contributed by atoms with Gasteiger partial charge < -0.3 is 29.4 Å². The molecule has 2 N–H and O–H groups in total. The molecule has 1 atom stereocenters. The van der Waals surface area contributed by atoms with E-state index < -0.39 is 23.7 Å². The van der Waals surface area contributed by atoms with Crippen LogP contribution in [0, 0.1) is 13.8 Å². The van der Waals surface area contributed by atoms with E-state index >= 15 is 0 Å². The van der Waals surface area contributed by atoms with Gasteiger partial charge in [-0.1, -0.05) is 12.1 Å². The van der Waals surface area contributed by atoms with Crippen LogP contribution in [0.15, 0.2) is 29.8 Å². The molecule has 0 saturated carbocycles. The average molecular weight is 470 g/mol. The van der Waals surface area contributed by atoms with Crippen molar-refractivity contribution in [3.63, 3.8) is 0 Å². The number of benzene rings is 1. The molecule has 0 unspecified atom stereocenters. The molecule has 1 aromatic carbocycles. The molecule has 1 aliphatic rings. The number of nitrogens with one attached hydrogen (secondary N) is 1. The molecule has 182 valence electrons. The van der Waals surface area contributed by atoms with Crippen molar-refractivity contribution in [1.29, 1.82) is 0 Å². The van der Waals surface area contributed by atoms with Gasteiger partial charge in [-0.05, 0) is 58.1 Å². The van der Waals surface area contributed by atoms with E-state index in [9.17, 15) is 19.5 Å². The van der Waals surface area contributed by atoms with Crippen molar-refractivity contribution in [2.75, 3.05) is 40.9 Å². The predicted molar refractivity (Wildman–Crippen MR) is 127 cm³/mol. The zero-order chi connectivity index (χ0) is 25.2. The summed E-state index contributed by atoms with van der Waals surface area (Å²) in [5.74, 6) is -1.79. The fraction of sp³-hybridized carbons (Fsp3) is 0.400. The van der Waals surface area contributed by atoms with Gasteiger partial charge in [0, 0.05) is 24.3 Å². The normalized spacial score (nSPS) is 17.5. The summed E-state index contributed by atoms with van der Waals surface area (Å²) in [6.07, 6.45) is 0. The van der Waals surface area contributed by atoms with Gasteiger partial charge in [-0.15, -0.1) is 0 Å². The number of ketones is 1. The highest BCUT2D eigenvalue weighted by Gasteiger charge is 2.46. The lowest BCUT2D eigenvalue weighted by Crippen LogP contribution is -2.35. The van der Waals surface area contributed by atoms with Gasteiger partial charge in [-0.3, -0.25) is 9.59 Å². The standard InChI is InChI=1S/C25H31N3O6/c1-7-34-25(32)20-14(2)18(15(3)26-20)22(29)19-21(16-9-8-10-17(13-16)33-6)28(12-11-27(4)5)24(31)23(19)30/h8-10,13,21,26,29H,7,11-12H2,1-6H3/b22-19+/t21-/m0/s1. The van der Waals surface area contributed by atoms with E-state index in [1.807, 2.05) is 19.0 Å². The Morgan fingerprint density at radius 1 is 1.24 bits per heavy atom. The van der Waals surface area contributed by atoms with Crippen molar-refractivity contribution < 1.29 is 29.0 Å². The SMILES string of the molecule is CCOC(=O)c1[nH]c(C)c(/C(O)=C2\C(=O)C(=O)N(CCN(C)C)[C@H]2c2cccc(OC)c2)c1C. The minimum atomic E-state index is -0.810. The second-order valence-corrected chi connectivity index (χ2v) is 8.42. The number of nitrogens with zero attached hydrogens (tertiary/aromatic N) is 2. The molecule has 0 bridgehead atoms. The number of aliphatic hydroxyl groups excluding tert-OH is 1. The Hall–Kier alpha value is -3.59. The van der Waals surface area contributed by atoms with Crippen LogP contribution in [0.4, 0.5) is 0 Å². The third-order valence-electron chi connectivity index (χ3n) is 5.89. The molecule has 9 heteroatoms. The predicted octanol–water partition coefficient (Wildman–Crippen LogP) is 2.80. The molecule has 1 aromatic heterocycles. The van der Waals surface area contributed by atoms with Crippen LogP contribution < -0.4 is 4.74 Å². The van der Waals surface area contributed by atoms with E-state index in [0.29, 0.717) is 34.7 Å². The van der Waals surface area contributed by atoms with Gasteiger partial charge in [0.05, 0.1) is 25.3 Å². The molecule has 3 rings (SSSR count). The van der Waals surface area contributed by atoms with E-state index in [1.54, 1.807) is 45.0 Å². The molecule has 2 heterocycles. The van der Waals surface area contributed by atoms with Gasteiger partial charge >= 0.3 is 5.97 Å². The number of Topliss-reactive ketones (excluding diaryl/α,β-unsaturated/α-hetero) is 1. The molecule has 1 fully saturated rings. The Kier molecular flexibility index (Phi) is 7.46. The lowest BCUT2D eigenvalue weighted by Gasteiger charge is -2.26. The first kappa shape index (κ1) is 25.0. The van der Waals surface area contributed by atoms with Gasteiger partial charge in [-0.25, -0.2) is 4.79 Å². The Bertz CT molecular complexity index is 1150. The number of carbonyl (C=O) groups excluding carboxylic acids is 3. The van der Waals surface area contributed by atoms with Crippen LogP contribution in [0.1, 0.15) is 45.8 Å². The van der Waals surface area contributed by atoms with E-state index in [2.05, 4.69) is 4.98 Å². The Labute approximate surface area is 199 Å². The van der Waals surface area contributed by atoms with E-state index in [4.69, 9.17) is 9.47 Å².